The van der Waals surface area contributed by atoms with E-state index in [9.17, 15) is 9.59 Å². The molecule has 0 aliphatic rings. The van der Waals surface area contributed by atoms with E-state index in [-0.39, 0.29) is 11.4 Å². The van der Waals surface area contributed by atoms with E-state index < -0.39 is 23.6 Å². The van der Waals surface area contributed by atoms with Crippen LogP contribution >= 0.6 is 11.3 Å². The molecule has 0 aliphatic heterocycles. The molecule has 5 aromatic carbocycles. The predicted molar refractivity (Wildman–Crippen MR) is 184 cm³/mol. The average molecular weight is 638 g/mol. The Hall–Kier alpha value is -5.86. The first-order valence-electron chi connectivity index (χ1n) is 15.0. The summed E-state index contributed by atoms with van der Waals surface area (Å²) in [7, 11) is 0. The van der Waals surface area contributed by atoms with E-state index in [1.807, 2.05) is 115 Å². The lowest BCUT2D eigenvalue weighted by atomic mass is 9.77. The van der Waals surface area contributed by atoms with Gasteiger partial charge in [-0.2, -0.15) is 0 Å². The van der Waals surface area contributed by atoms with Gasteiger partial charge in [-0.3, -0.25) is 0 Å². The molecule has 7 nitrogen and oxygen atoms in total. The monoisotopic (exact) mass is 637 g/mol. The van der Waals surface area contributed by atoms with Crippen molar-refractivity contribution < 1.29 is 19.2 Å². The van der Waals surface area contributed by atoms with Gasteiger partial charge in [0.15, 0.2) is 11.2 Å². The SMILES string of the molecule is CC(=O)ON=C(C(=O)OC(c1ccccc1)c1ccccc1)c1csc(NC(c2ccccc2)(c2ccccc2)c2ccccc2)n1. The number of esters is 1. The van der Waals surface area contributed by atoms with Gasteiger partial charge >= 0.3 is 11.9 Å². The molecule has 0 saturated heterocycles. The number of nitrogens with one attached hydrogen (secondary N) is 1. The Labute approximate surface area is 277 Å². The predicted octanol–water partition coefficient (Wildman–Crippen LogP) is 8.15. The molecule has 0 saturated carbocycles. The van der Waals surface area contributed by atoms with Crippen molar-refractivity contribution in [3.05, 3.63) is 191 Å². The Morgan fingerprint density at radius 3 is 1.53 bits per heavy atom. The molecule has 1 N–H and O–H groups in total. The largest absolute Gasteiger partial charge is 0.448 e. The fourth-order valence-electron chi connectivity index (χ4n) is 5.43. The number of hydrogen-bond acceptors (Lipinski definition) is 8. The molecule has 1 heterocycles. The number of carbonyl (C=O) groups is 2. The van der Waals surface area contributed by atoms with Gasteiger partial charge in [-0.1, -0.05) is 157 Å². The van der Waals surface area contributed by atoms with Crippen molar-refractivity contribution in [2.45, 2.75) is 18.6 Å². The topological polar surface area (TPSA) is 89.9 Å². The highest BCUT2D eigenvalue weighted by molar-refractivity contribution is 7.14. The van der Waals surface area contributed by atoms with E-state index in [4.69, 9.17) is 14.6 Å². The zero-order valence-electron chi connectivity index (χ0n) is 25.5. The van der Waals surface area contributed by atoms with Crippen LogP contribution in [0.15, 0.2) is 162 Å². The lowest BCUT2D eigenvalue weighted by Gasteiger charge is -2.36. The molecule has 47 heavy (non-hydrogen) atoms. The second-order valence-electron chi connectivity index (χ2n) is 10.6. The molecule has 1 aromatic heterocycles. The molecule has 0 bridgehead atoms. The second kappa shape index (κ2) is 14.5. The van der Waals surface area contributed by atoms with Crippen molar-refractivity contribution in [3.8, 4) is 0 Å². The molecule has 0 spiro atoms. The van der Waals surface area contributed by atoms with E-state index in [2.05, 4.69) is 46.9 Å². The molecule has 0 radical (unpaired) electrons. The van der Waals surface area contributed by atoms with Crippen LogP contribution in [0.4, 0.5) is 5.13 Å². The summed E-state index contributed by atoms with van der Waals surface area (Å²) in [6, 6.07) is 49.2. The number of benzene rings is 5. The molecule has 232 valence electrons. The quantitative estimate of drug-likeness (QED) is 0.0507. The number of aromatic nitrogens is 1. The molecule has 0 aliphatic carbocycles. The first kappa shape index (κ1) is 31.1. The molecule has 6 rings (SSSR count). The lowest BCUT2D eigenvalue weighted by Crippen LogP contribution is -2.38. The van der Waals surface area contributed by atoms with Crippen LogP contribution in [0, 0.1) is 0 Å². The summed E-state index contributed by atoms with van der Waals surface area (Å²) in [6.45, 7) is 1.21. The van der Waals surface area contributed by atoms with E-state index in [0.29, 0.717) is 5.13 Å². The average Bonchev–Trinajstić information content (AvgIpc) is 3.59. The highest BCUT2D eigenvalue weighted by Gasteiger charge is 2.37. The van der Waals surface area contributed by atoms with E-state index in [0.717, 1.165) is 27.8 Å². The van der Waals surface area contributed by atoms with Gasteiger partial charge in [-0.25, -0.2) is 14.6 Å². The number of anilines is 1. The number of carbonyl (C=O) groups excluding carboxylic acids is 2. The van der Waals surface area contributed by atoms with Crippen molar-refractivity contribution in [3.63, 3.8) is 0 Å². The van der Waals surface area contributed by atoms with Crippen LogP contribution in [0.1, 0.15) is 46.5 Å². The fraction of sp³-hybridized carbons (Fsp3) is 0.0769. The fourth-order valence-corrected chi connectivity index (χ4v) is 6.18. The van der Waals surface area contributed by atoms with Crippen LogP contribution in [-0.4, -0.2) is 22.6 Å². The maximum Gasteiger partial charge on any atom is 0.363 e. The lowest BCUT2D eigenvalue weighted by molar-refractivity contribution is -0.141. The second-order valence-corrected chi connectivity index (χ2v) is 11.5. The van der Waals surface area contributed by atoms with Gasteiger partial charge in [0, 0.05) is 12.3 Å². The Morgan fingerprint density at radius 2 is 1.11 bits per heavy atom. The number of ether oxygens (including phenoxy) is 1. The van der Waals surface area contributed by atoms with Crippen LogP contribution in [0.3, 0.4) is 0 Å². The number of hydrogen-bond donors (Lipinski definition) is 1. The molecular formula is C39H31N3O4S. The Morgan fingerprint density at radius 1 is 0.681 bits per heavy atom. The van der Waals surface area contributed by atoms with Crippen LogP contribution in [0.25, 0.3) is 0 Å². The first-order valence-corrected chi connectivity index (χ1v) is 15.9. The Bertz CT molecular complexity index is 1810. The standard InChI is InChI=1S/C39H31N3O4S/c1-28(43)46-42-35(37(44)45-36(29-17-7-2-8-18-29)30-19-9-3-10-20-30)34-27-47-38(40-34)41-39(31-21-11-4-12-22-31,32-23-13-5-14-24-32)33-25-15-6-16-26-33/h2-27,36H,1H3,(H,40,41). The number of thiazole rings is 1. The number of nitrogens with zero attached hydrogens (tertiary/aromatic N) is 2. The zero-order valence-corrected chi connectivity index (χ0v) is 26.3. The highest BCUT2D eigenvalue weighted by Crippen LogP contribution is 2.40. The summed E-state index contributed by atoms with van der Waals surface area (Å²) >= 11 is 1.30. The van der Waals surface area contributed by atoms with E-state index >= 15 is 0 Å². The summed E-state index contributed by atoms with van der Waals surface area (Å²) in [6.07, 6.45) is -0.731. The minimum Gasteiger partial charge on any atom is -0.448 e. The summed E-state index contributed by atoms with van der Waals surface area (Å²) in [4.78, 5) is 35.5. The van der Waals surface area contributed by atoms with Gasteiger partial charge in [0.1, 0.15) is 11.2 Å². The smallest absolute Gasteiger partial charge is 0.363 e. The van der Waals surface area contributed by atoms with Gasteiger partial charge in [-0.05, 0) is 27.8 Å². The minimum atomic E-state index is -0.835. The Kier molecular flexibility index (Phi) is 9.60. The first-order chi connectivity index (χ1) is 23.0. The normalized spacial score (nSPS) is 11.6. The summed E-state index contributed by atoms with van der Waals surface area (Å²) in [5.74, 6) is -1.47. The number of oxime groups is 1. The van der Waals surface area contributed by atoms with Gasteiger partial charge in [0.25, 0.3) is 0 Å². The highest BCUT2D eigenvalue weighted by atomic mass is 32.1. The summed E-state index contributed by atoms with van der Waals surface area (Å²) in [5.41, 5.74) is 3.68. The van der Waals surface area contributed by atoms with Crippen molar-refractivity contribution in [2.24, 2.45) is 5.16 Å². The molecule has 0 unspecified atom stereocenters. The van der Waals surface area contributed by atoms with Gasteiger partial charge < -0.3 is 14.9 Å². The maximum absolute atomic E-state index is 13.9. The summed E-state index contributed by atoms with van der Waals surface area (Å²) in [5, 5.41) is 9.84. The molecule has 6 aromatic rings. The molecule has 8 heteroatoms. The third-order valence-electron chi connectivity index (χ3n) is 7.55. The van der Waals surface area contributed by atoms with Crippen molar-refractivity contribution in [2.75, 3.05) is 5.32 Å². The third-order valence-corrected chi connectivity index (χ3v) is 8.31. The van der Waals surface area contributed by atoms with Crippen molar-refractivity contribution >= 4 is 34.1 Å². The molecule has 0 fully saturated rings. The molecule has 0 amide bonds. The van der Waals surface area contributed by atoms with Crippen LogP contribution in [0.5, 0.6) is 0 Å². The van der Waals surface area contributed by atoms with Gasteiger partial charge in [-0.15, -0.1) is 11.3 Å². The van der Waals surface area contributed by atoms with Gasteiger partial charge in [0.05, 0.1) is 0 Å². The van der Waals surface area contributed by atoms with Crippen LogP contribution in [0.2, 0.25) is 0 Å². The third kappa shape index (κ3) is 7.03. The maximum atomic E-state index is 13.9. The van der Waals surface area contributed by atoms with Gasteiger partial charge in [0.2, 0.25) is 5.71 Å². The molecule has 0 atom stereocenters. The van der Waals surface area contributed by atoms with E-state index in [1.54, 1.807) is 5.38 Å². The Balaban J connectivity index is 1.40. The summed E-state index contributed by atoms with van der Waals surface area (Å²) < 4.78 is 6.07. The zero-order chi connectivity index (χ0) is 32.5. The van der Waals surface area contributed by atoms with Crippen molar-refractivity contribution in [1.29, 1.82) is 0 Å². The van der Waals surface area contributed by atoms with Crippen LogP contribution < -0.4 is 5.32 Å². The van der Waals surface area contributed by atoms with Crippen molar-refractivity contribution in [1.82, 2.24) is 4.98 Å². The van der Waals surface area contributed by atoms with E-state index in [1.165, 1.54) is 18.3 Å². The van der Waals surface area contributed by atoms with Crippen LogP contribution in [-0.2, 0) is 24.7 Å². The minimum absolute atomic E-state index is 0.201. The number of rotatable bonds is 11. The molecular weight excluding hydrogens is 607 g/mol.